The second kappa shape index (κ2) is 6.92. The number of nitrogens with one attached hydrogen (secondary N) is 1. The lowest BCUT2D eigenvalue weighted by Crippen LogP contribution is -2.46. The van der Waals surface area contributed by atoms with Gasteiger partial charge in [-0.2, -0.15) is 0 Å². The van der Waals surface area contributed by atoms with Gasteiger partial charge in [-0.3, -0.25) is 4.79 Å². The summed E-state index contributed by atoms with van der Waals surface area (Å²) in [6.07, 6.45) is 0.705. The van der Waals surface area contributed by atoms with Gasteiger partial charge in [0.2, 0.25) is 5.91 Å². The Morgan fingerprint density at radius 1 is 1.21 bits per heavy atom. The van der Waals surface area contributed by atoms with Gasteiger partial charge in [0.15, 0.2) is 0 Å². The first-order valence-corrected chi connectivity index (χ1v) is 6.55. The molecule has 4 nitrogen and oxygen atoms in total. The van der Waals surface area contributed by atoms with Crippen molar-refractivity contribution >= 4 is 11.9 Å². The number of carboxylic acids is 1. The lowest BCUT2D eigenvalue weighted by atomic mass is 9.96. The smallest absolute Gasteiger partial charge is 0.326 e. The molecule has 0 saturated carbocycles. The molecule has 2 unspecified atom stereocenters. The van der Waals surface area contributed by atoms with Crippen molar-refractivity contribution in [2.24, 2.45) is 5.92 Å². The Morgan fingerprint density at radius 2 is 1.79 bits per heavy atom. The average Bonchev–Trinajstić information content (AvgIpc) is 2.43. The van der Waals surface area contributed by atoms with Crippen molar-refractivity contribution in [2.75, 3.05) is 0 Å². The van der Waals surface area contributed by atoms with Crippen LogP contribution in [0.3, 0.4) is 0 Å². The summed E-state index contributed by atoms with van der Waals surface area (Å²) < 4.78 is 0. The van der Waals surface area contributed by atoms with Gasteiger partial charge in [0.25, 0.3) is 0 Å². The molecule has 0 aromatic heterocycles. The monoisotopic (exact) mass is 263 g/mol. The molecule has 1 aromatic rings. The number of hydrogen-bond acceptors (Lipinski definition) is 2. The van der Waals surface area contributed by atoms with Gasteiger partial charge in [-0.15, -0.1) is 0 Å². The molecule has 19 heavy (non-hydrogen) atoms. The summed E-state index contributed by atoms with van der Waals surface area (Å²) in [4.78, 5) is 23.3. The summed E-state index contributed by atoms with van der Waals surface area (Å²) in [6, 6.07) is 8.51. The highest BCUT2D eigenvalue weighted by Crippen LogP contribution is 2.16. The summed E-state index contributed by atoms with van der Waals surface area (Å²) in [5.74, 6) is -1.68. The summed E-state index contributed by atoms with van der Waals surface area (Å²) in [6.45, 7) is 5.51. The second-order valence-electron chi connectivity index (χ2n) is 4.84. The molecule has 1 amide bonds. The molecule has 0 radical (unpaired) electrons. The first-order valence-electron chi connectivity index (χ1n) is 6.55. The van der Waals surface area contributed by atoms with E-state index in [9.17, 15) is 9.59 Å². The Bertz CT molecular complexity index is 430. The van der Waals surface area contributed by atoms with Crippen LogP contribution in [0, 0.1) is 5.92 Å². The number of hydrogen-bond donors (Lipinski definition) is 2. The standard InChI is InChI=1S/C15H21NO3/c1-4-10(2)13(15(18)19)16-14(17)11(3)12-8-6-5-7-9-12/h5-11,13H,4H2,1-3H3,(H,16,17)(H,18,19)/t10?,11-,13?/m1/s1. The van der Waals surface area contributed by atoms with Crippen LogP contribution in [0.25, 0.3) is 0 Å². The van der Waals surface area contributed by atoms with E-state index in [-0.39, 0.29) is 17.7 Å². The van der Waals surface area contributed by atoms with Crippen molar-refractivity contribution < 1.29 is 14.7 Å². The fourth-order valence-corrected chi connectivity index (χ4v) is 1.85. The maximum absolute atomic E-state index is 12.1. The molecule has 0 spiro atoms. The van der Waals surface area contributed by atoms with E-state index in [1.54, 1.807) is 6.92 Å². The number of amides is 1. The van der Waals surface area contributed by atoms with Crippen LogP contribution in [-0.4, -0.2) is 23.0 Å². The third-order valence-corrected chi connectivity index (χ3v) is 3.47. The maximum atomic E-state index is 12.1. The van der Waals surface area contributed by atoms with E-state index in [1.165, 1.54) is 0 Å². The zero-order valence-corrected chi connectivity index (χ0v) is 11.6. The molecule has 1 rings (SSSR count). The van der Waals surface area contributed by atoms with Crippen LogP contribution in [0.1, 0.15) is 38.7 Å². The van der Waals surface area contributed by atoms with Crippen LogP contribution in [0.2, 0.25) is 0 Å². The topological polar surface area (TPSA) is 66.4 Å². The predicted molar refractivity (Wildman–Crippen MR) is 73.9 cm³/mol. The minimum atomic E-state index is -0.983. The largest absolute Gasteiger partial charge is 0.480 e. The van der Waals surface area contributed by atoms with Crippen LogP contribution in [0.5, 0.6) is 0 Å². The number of carbonyl (C=O) groups excluding carboxylic acids is 1. The lowest BCUT2D eigenvalue weighted by Gasteiger charge is -2.22. The van der Waals surface area contributed by atoms with Crippen LogP contribution >= 0.6 is 0 Å². The Labute approximate surface area is 113 Å². The van der Waals surface area contributed by atoms with Crippen molar-refractivity contribution in [3.05, 3.63) is 35.9 Å². The molecule has 0 heterocycles. The Hall–Kier alpha value is -1.84. The summed E-state index contributed by atoms with van der Waals surface area (Å²) >= 11 is 0. The van der Waals surface area contributed by atoms with Gasteiger partial charge in [-0.25, -0.2) is 4.79 Å². The first-order chi connectivity index (χ1) is 8.97. The molecule has 104 valence electrons. The minimum absolute atomic E-state index is 0.0931. The van der Waals surface area contributed by atoms with Crippen LogP contribution in [0.4, 0.5) is 0 Å². The van der Waals surface area contributed by atoms with Gasteiger partial charge >= 0.3 is 5.97 Å². The number of carboxylic acid groups (broad SMARTS) is 1. The van der Waals surface area contributed by atoms with Crippen molar-refractivity contribution in [2.45, 2.75) is 39.2 Å². The number of rotatable bonds is 6. The minimum Gasteiger partial charge on any atom is -0.480 e. The predicted octanol–water partition coefficient (Wildman–Crippen LogP) is 2.41. The van der Waals surface area contributed by atoms with Crippen LogP contribution < -0.4 is 5.32 Å². The van der Waals surface area contributed by atoms with Crippen molar-refractivity contribution in [3.8, 4) is 0 Å². The fraction of sp³-hybridized carbons (Fsp3) is 0.467. The zero-order chi connectivity index (χ0) is 14.4. The van der Waals surface area contributed by atoms with E-state index in [4.69, 9.17) is 5.11 Å². The van der Waals surface area contributed by atoms with Crippen LogP contribution in [-0.2, 0) is 9.59 Å². The Kier molecular flexibility index (Phi) is 5.55. The van der Waals surface area contributed by atoms with Gasteiger partial charge < -0.3 is 10.4 Å². The van der Waals surface area contributed by atoms with E-state index < -0.39 is 12.0 Å². The van der Waals surface area contributed by atoms with Gasteiger partial charge in [0.1, 0.15) is 6.04 Å². The Balaban J connectivity index is 2.75. The summed E-state index contributed by atoms with van der Waals surface area (Å²) in [7, 11) is 0. The number of benzene rings is 1. The molecule has 3 atom stereocenters. The highest BCUT2D eigenvalue weighted by atomic mass is 16.4. The molecule has 0 aliphatic heterocycles. The van der Waals surface area contributed by atoms with E-state index in [2.05, 4.69) is 5.32 Å². The molecule has 0 fully saturated rings. The summed E-state index contributed by atoms with van der Waals surface area (Å²) in [5, 5.41) is 11.8. The third-order valence-electron chi connectivity index (χ3n) is 3.47. The SMILES string of the molecule is CCC(C)C(NC(=O)[C@H](C)c1ccccc1)C(=O)O. The van der Waals surface area contributed by atoms with Crippen molar-refractivity contribution in [1.29, 1.82) is 0 Å². The molecule has 4 heteroatoms. The summed E-state index contributed by atoms with van der Waals surface area (Å²) in [5.41, 5.74) is 0.883. The molecule has 1 aromatic carbocycles. The molecule has 2 N–H and O–H groups in total. The van der Waals surface area contributed by atoms with Gasteiger partial charge in [0, 0.05) is 0 Å². The van der Waals surface area contributed by atoms with Gasteiger partial charge in [-0.05, 0) is 18.4 Å². The van der Waals surface area contributed by atoms with Crippen molar-refractivity contribution in [1.82, 2.24) is 5.32 Å². The van der Waals surface area contributed by atoms with E-state index in [1.807, 2.05) is 44.2 Å². The highest BCUT2D eigenvalue weighted by molar-refractivity contribution is 5.87. The quantitative estimate of drug-likeness (QED) is 0.828. The molecular formula is C15H21NO3. The van der Waals surface area contributed by atoms with Crippen molar-refractivity contribution in [3.63, 3.8) is 0 Å². The van der Waals surface area contributed by atoms with Gasteiger partial charge in [0.05, 0.1) is 5.92 Å². The maximum Gasteiger partial charge on any atom is 0.326 e. The molecular weight excluding hydrogens is 242 g/mol. The molecule has 0 saturated heterocycles. The zero-order valence-electron chi connectivity index (χ0n) is 11.6. The van der Waals surface area contributed by atoms with Crippen LogP contribution in [0.15, 0.2) is 30.3 Å². The van der Waals surface area contributed by atoms with Gasteiger partial charge in [-0.1, -0.05) is 50.6 Å². The normalized spacial score (nSPS) is 15.3. The molecule has 0 aliphatic carbocycles. The van der Waals surface area contributed by atoms with E-state index in [0.717, 1.165) is 5.56 Å². The number of aliphatic carboxylic acids is 1. The van der Waals surface area contributed by atoms with E-state index in [0.29, 0.717) is 6.42 Å². The lowest BCUT2D eigenvalue weighted by molar-refractivity contribution is -0.143. The average molecular weight is 263 g/mol. The number of carbonyl (C=O) groups is 2. The highest BCUT2D eigenvalue weighted by Gasteiger charge is 2.27. The second-order valence-corrected chi connectivity index (χ2v) is 4.84. The van der Waals surface area contributed by atoms with E-state index >= 15 is 0 Å². The molecule has 0 bridgehead atoms. The fourth-order valence-electron chi connectivity index (χ4n) is 1.85. The molecule has 0 aliphatic rings. The Morgan fingerprint density at radius 3 is 2.26 bits per heavy atom. The third kappa shape index (κ3) is 4.09. The first kappa shape index (κ1) is 15.2.